The molecule has 2 fully saturated rings. The van der Waals surface area contributed by atoms with Crippen LogP contribution in [0.4, 0.5) is 5.69 Å². The second kappa shape index (κ2) is 7.20. The molecule has 3 rings (SSSR count). The lowest BCUT2D eigenvalue weighted by molar-refractivity contribution is -0.147. The first-order chi connectivity index (χ1) is 11.1. The summed E-state index contributed by atoms with van der Waals surface area (Å²) in [6, 6.07) is 8.51. The number of carbonyl (C=O) groups excluding carboxylic acids is 1. The molecule has 2 aliphatic rings. The molecule has 126 valence electrons. The summed E-state index contributed by atoms with van der Waals surface area (Å²) >= 11 is 3.46. The van der Waals surface area contributed by atoms with Gasteiger partial charge in [0.15, 0.2) is 0 Å². The van der Waals surface area contributed by atoms with Crippen molar-refractivity contribution in [1.82, 2.24) is 10.6 Å². The predicted molar refractivity (Wildman–Crippen MR) is 94.7 cm³/mol. The van der Waals surface area contributed by atoms with Crippen LogP contribution in [0.25, 0.3) is 0 Å². The molecule has 2 N–H and O–H groups in total. The second-order valence-corrected chi connectivity index (χ2v) is 7.25. The van der Waals surface area contributed by atoms with Crippen molar-refractivity contribution in [1.29, 1.82) is 0 Å². The third-order valence-corrected chi connectivity index (χ3v) is 5.46. The first-order valence-electron chi connectivity index (χ1n) is 8.20. The fourth-order valence-corrected chi connectivity index (χ4v) is 3.70. The summed E-state index contributed by atoms with van der Waals surface area (Å²) in [5.74, 6) is 0.0455. The molecular formula is C17H24BrN3O2. The Labute approximate surface area is 145 Å². The zero-order chi connectivity index (χ0) is 16.3. The maximum atomic E-state index is 12.7. The van der Waals surface area contributed by atoms with Crippen molar-refractivity contribution in [3.63, 3.8) is 0 Å². The molecular weight excluding hydrogens is 358 g/mol. The topological polar surface area (TPSA) is 53.6 Å². The Kier molecular flexibility index (Phi) is 5.24. The number of piperidine rings is 1. The fourth-order valence-electron chi connectivity index (χ4n) is 3.44. The third kappa shape index (κ3) is 3.70. The highest BCUT2D eigenvalue weighted by Crippen LogP contribution is 2.25. The van der Waals surface area contributed by atoms with Crippen LogP contribution in [0, 0.1) is 0 Å². The molecule has 1 amide bonds. The smallest absolute Gasteiger partial charge is 0.252 e. The molecule has 0 bridgehead atoms. The van der Waals surface area contributed by atoms with E-state index in [0.29, 0.717) is 0 Å². The van der Waals surface area contributed by atoms with Gasteiger partial charge < -0.3 is 20.3 Å². The zero-order valence-corrected chi connectivity index (χ0v) is 15.1. The molecule has 2 aliphatic heterocycles. The minimum atomic E-state index is -0.656. The molecule has 23 heavy (non-hydrogen) atoms. The predicted octanol–water partition coefficient (Wildman–Crippen LogP) is 1.91. The Morgan fingerprint density at radius 3 is 2.70 bits per heavy atom. The zero-order valence-electron chi connectivity index (χ0n) is 13.5. The first-order valence-corrected chi connectivity index (χ1v) is 9.00. The van der Waals surface area contributed by atoms with Gasteiger partial charge in [0.25, 0.3) is 5.91 Å². The quantitative estimate of drug-likeness (QED) is 0.836. The Hall–Kier alpha value is -1.11. The van der Waals surface area contributed by atoms with E-state index >= 15 is 0 Å². The molecule has 1 atom stereocenters. The Bertz CT molecular complexity index is 543. The average molecular weight is 382 g/mol. The van der Waals surface area contributed by atoms with Crippen molar-refractivity contribution in [3.8, 4) is 0 Å². The van der Waals surface area contributed by atoms with E-state index in [1.807, 2.05) is 0 Å². The average Bonchev–Trinajstić information content (AvgIpc) is 3.04. The minimum Gasteiger partial charge on any atom is -0.369 e. The number of amides is 1. The summed E-state index contributed by atoms with van der Waals surface area (Å²) in [7, 11) is 1.65. The number of hydrogen-bond donors (Lipinski definition) is 2. The third-order valence-electron chi connectivity index (χ3n) is 4.93. The van der Waals surface area contributed by atoms with Gasteiger partial charge in [0.2, 0.25) is 0 Å². The lowest BCUT2D eigenvalue weighted by Crippen LogP contribution is -2.56. The van der Waals surface area contributed by atoms with Crippen LogP contribution in [0.1, 0.15) is 19.3 Å². The summed E-state index contributed by atoms with van der Waals surface area (Å²) in [6.07, 6.45) is 2.44. The number of nitrogens with zero attached hydrogens (tertiary/aromatic N) is 1. The SMILES string of the molecule is COC1(C(=O)NC2CCN(c3ccc(Br)cc3)C2)CCNCC1. The highest BCUT2D eigenvalue weighted by atomic mass is 79.9. The largest absolute Gasteiger partial charge is 0.369 e. The van der Waals surface area contributed by atoms with Crippen LogP contribution in [-0.4, -0.2) is 50.8 Å². The molecule has 0 spiro atoms. The monoisotopic (exact) mass is 381 g/mol. The Morgan fingerprint density at radius 1 is 1.35 bits per heavy atom. The molecule has 1 aromatic rings. The summed E-state index contributed by atoms with van der Waals surface area (Å²) in [6.45, 7) is 3.48. The number of methoxy groups -OCH3 is 1. The van der Waals surface area contributed by atoms with E-state index in [1.165, 1.54) is 5.69 Å². The van der Waals surface area contributed by atoms with E-state index in [4.69, 9.17) is 4.74 Å². The summed E-state index contributed by atoms with van der Waals surface area (Å²) < 4.78 is 6.69. The van der Waals surface area contributed by atoms with Gasteiger partial charge >= 0.3 is 0 Å². The van der Waals surface area contributed by atoms with Crippen molar-refractivity contribution in [2.75, 3.05) is 38.2 Å². The van der Waals surface area contributed by atoms with Crippen molar-refractivity contribution in [2.24, 2.45) is 0 Å². The molecule has 0 saturated carbocycles. The first kappa shape index (κ1) is 16.7. The molecule has 2 saturated heterocycles. The van der Waals surface area contributed by atoms with E-state index in [2.05, 4.69) is 55.7 Å². The number of nitrogens with one attached hydrogen (secondary N) is 2. The standard InChI is InChI=1S/C17H24BrN3O2/c1-23-17(7-9-19-10-8-17)16(22)20-14-6-11-21(12-14)15-4-2-13(18)3-5-15/h2-5,14,19H,6-12H2,1H3,(H,20,22). The number of ether oxygens (including phenoxy) is 1. The molecule has 1 aromatic carbocycles. The van der Waals surface area contributed by atoms with Gasteiger partial charge in [0.1, 0.15) is 5.60 Å². The van der Waals surface area contributed by atoms with Gasteiger partial charge in [-0.25, -0.2) is 0 Å². The number of carbonyl (C=O) groups is 1. The molecule has 0 aliphatic carbocycles. The van der Waals surface area contributed by atoms with Crippen molar-refractivity contribution in [3.05, 3.63) is 28.7 Å². The maximum absolute atomic E-state index is 12.7. The Balaban J connectivity index is 1.59. The molecule has 1 unspecified atom stereocenters. The highest BCUT2D eigenvalue weighted by molar-refractivity contribution is 9.10. The van der Waals surface area contributed by atoms with Crippen molar-refractivity contribution in [2.45, 2.75) is 30.9 Å². The van der Waals surface area contributed by atoms with Gasteiger partial charge in [0.05, 0.1) is 0 Å². The Morgan fingerprint density at radius 2 is 2.04 bits per heavy atom. The normalized spacial score (nSPS) is 23.7. The minimum absolute atomic E-state index is 0.0455. The fraction of sp³-hybridized carbons (Fsp3) is 0.588. The van der Waals surface area contributed by atoms with Crippen molar-refractivity contribution < 1.29 is 9.53 Å². The highest BCUT2D eigenvalue weighted by Gasteiger charge is 2.41. The van der Waals surface area contributed by atoms with Gasteiger partial charge in [-0.3, -0.25) is 4.79 Å². The number of halogens is 1. The molecule has 0 aromatic heterocycles. The number of hydrogen-bond acceptors (Lipinski definition) is 4. The van der Waals surface area contributed by atoms with Gasteiger partial charge in [-0.1, -0.05) is 15.9 Å². The molecule has 5 nitrogen and oxygen atoms in total. The van der Waals surface area contributed by atoms with Crippen LogP contribution in [0.5, 0.6) is 0 Å². The van der Waals surface area contributed by atoms with Crippen LogP contribution in [0.2, 0.25) is 0 Å². The van der Waals surface area contributed by atoms with E-state index in [9.17, 15) is 4.79 Å². The van der Waals surface area contributed by atoms with E-state index in [-0.39, 0.29) is 11.9 Å². The maximum Gasteiger partial charge on any atom is 0.252 e. The van der Waals surface area contributed by atoms with Crippen molar-refractivity contribution >= 4 is 27.5 Å². The van der Waals surface area contributed by atoms with Crippen LogP contribution in [0.15, 0.2) is 28.7 Å². The van der Waals surface area contributed by atoms with Gasteiger partial charge in [-0.05, 0) is 56.6 Å². The van der Waals surface area contributed by atoms with Gasteiger partial charge in [-0.15, -0.1) is 0 Å². The molecule has 0 radical (unpaired) electrons. The van der Waals surface area contributed by atoms with Gasteiger partial charge in [0, 0.05) is 36.4 Å². The summed E-state index contributed by atoms with van der Waals surface area (Å²) in [4.78, 5) is 15.0. The van der Waals surface area contributed by atoms with Crippen LogP contribution >= 0.6 is 15.9 Å². The molecule has 2 heterocycles. The summed E-state index contributed by atoms with van der Waals surface area (Å²) in [5.41, 5.74) is 0.546. The molecule has 6 heteroatoms. The van der Waals surface area contributed by atoms with Gasteiger partial charge in [-0.2, -0.15) is 0 Å². The van der Waals surface area contributed by atoms with Crippen LogP contribution in [-0.2, 0) is 9.53 Å². The summed E-state index contributed by atoms with van der Waals surface area (Å²) in [5, 5.41) is 6.49. The number of rotatable bonds is 4. The second-order valence-electron chi connectivity index (χ2n) is 6.33. The van der Waals surface area contributed by atoms with Crippen LogP contribution < -0.4 is 15.5 Å². The van der Waals surface area contributed by atoms with E-state index in [0.717, 1.165) is 49.9 Å². The van der Waals surface area contributed by atoms with Crippen LogP contribution in [0.3, 0.4) is 0 Å². The number of anilines is 1. The van der Waals surface area contributed by atoms with E-state index < -0.39 is 5.60 Å². The number of benzene rings is 1. The lowest BCUT2D eigenvalue weighted by atomic mass is 9.90. The van der Waals surface area contributed by atoms with E-state index in [1.54, 1.807) is 7.11 Å². The lowest BCUT2D eigenvalue weighted by Gasteiger charge is -2.35.